The van der Waals surface area contributed by atoms with E-state index in [9.17, 15) is 8.76 Å². The van der Waals surface area contributed by atoms with E-state index in [1.165, 1.54) is 12.2 Å². The van der Waals surface area contributed by atoms with Crippen molar-refractivity contribution in [2.75, 3.05) is 0 Å². The minimum Gasteiger partial charge on any atom is -0.767 e. The van der Waals surface area contributed by atoms with Gasteiger partial charge in [0.1, 0.15) is 17.1 Å². The first-order chi connectivity index (χ1) is 4.30. The molecular weight excluding hydrogens is 159 g/mol. The van der Waals surface area contributed by atoms with Crippen LogP contribution < -0.4 is 29.6 Å². The van der Waals surface area contributed by atoms with Gasteiger partial charge in [-0.25, -0.2) is 0 Å². The summed E-state index contributed by atoms with van der Waals surface area (Å²) in [6.07, 6.45) is 8.81. The molecule has 0 radical (unpaired) electrons. The Morgan fingerprint density at radius 2 is 2.30 bits per heavy atom. The fraction of sp³-hybridized carbons (Fsp3) is 0. The molecule has 0 heterocycles. The Balaban J connectivity index is 0.000000810. The largest absolute Gasteiger partial charge is 1.00 e. The quantitative estimate of drug-likeness (QED) is 0.247. The van der Waals surface area contributed by atoms with E-state index in [0.717, 1.165) is 0 Å². The van der Waals surface area contributed by atoms with Crippen LogP contribution >= 0.6 is 0 Å². The van der Waals surface area contributed by atoms with Gasteiger partial charge in [0.15, 0.2) is 0 Å². The molecule has 1 atom stereocenters. The summed E-state index contributed by atoms with van der Waals surface area (Å²) in [5.41, 5.74) is 0. The van der Waals surface area contributed by atoms with Crippen LogP contribution in [0.1, 0.15) is 0 Å². The summed E-state index contributed by atoms with van der Waals surface area (Å²) in [6.45, 7) is 0. The molecule has 4 heteroatoms. The van der Waals surface area contributed by atoms with Gasteiger partial charge in [0.2, 0.25) is 0 Å². The Hall–Kier alpha value is 0.240. The maximum absolute atomic E-state index is 10.2. The molecule has 0 N–H and O–H groups in total. The van der Waals surface area contributed by atoms with Crippen LogP contribution in [-0.4, -0.2) is 8.76 Å². The maximum atomic E-state index is 10.2. The molecule has 0 aromatic rings. The third-order valence-electron chi connectivity index (χ3n) is 0.880. The second-order valence-electron chi connectivity index (χ2n) is 1.47. The molecule has 0 saturated heterocycles. The van der Waals surface area contributed by atoms with Gasteiger partial charge in [0.25, 0.3) is 0 Å². The molecule has 0 bridgehead atoms. The number of hydrogen-bond donors (Lipinski definition) is 0. The summed E-state index contributed by atoms with van der Waals surface area (Å²) in [7, 11) is 0. The SMILES string of the molecule is O=S([O-])C1=CC=[C+]C=C1.[Na+]. The van der Waals surface area contributed by atoms with Gasteiger partial charge in [-0.1, -0.05) is 0 Å². The van der Waals surface area contributed by atoms with E-state index in [4.69, 9.17) is 0 Å². The van der Waals surface area contributed by atoms with Crippen molar-refractivity contribution in [2.45, 2.75) is 0 Å². The number of hydrogen-bond acceptors (Lipinski definition) is 2. The maximum Gasteiger partial charge on any atom is 1.00 e. The zero-order valence-electron chi connectivity index (χ0n) is 5.53. The van der Waals surface area contributed by atoms with Gasteiger partial charge < -0.3 is 4.55 Å². The van der Waals surface area contributed by atoms with Gasteiger partial charge in [-0.05, 0) is 0 Å². The molecule has 0 aliphatic heterocycles. The second kappa shape index (κ2) is 4.97. The molecule has 46 valence electrons. The molecule has 0 spiro atoms. The van der Waals surface area contributed by atoms with Crippen LogP contribution in [0.25, 0.3) is 0 Å². The van der Waals surface area contributed by atoms with Crippen LogP contribution in [0.3, 0.4) is 0 Å². The van der Waals surface area contributed by atoms with E-state index >= 15 is 0 Å². The van der Waals surface area contributed by atoms with Crippen molar-refractivity contribution >= 4 is 11.1 Å². The van der Waals surface area contributed by atoms with Gasteiger partial charge in [0, 0.05) is 17.2 Å². The summed E-state index contributed by atoms with van der Waals surface area (Å²) in [5, 5.41) is 0. The summed E-state index contributed by atoms with van der Waals surface area (Å²) in [4.78, 5) is 0.300. The Morgan fingerprint density at radius 1 is 1.60 bits per heavy atom. The normalized spacial score (nSPS) is 16.7. The Kier molecular flexibility index (Phi) is 5.09. The van der Waals surface area contributed by atoms with Gasteiger partial charge in [0.05, 0.1) is 12.2 Å². The molecule has 2 nitrogen and oxygen atoms in total. The smallest absolute Gasteiger partial charge is 0.767 e. The summed E-state index contributed by atoms with van der Waals surface area (Å²) < 4.78 is 20.4. The Morgan fingerprint density at radius 3 is 2.60 bits per heavy atom. The van der Waals surface area contributed by atoms with Crippen molar-refractivity contribution in [3.8, 4) is 0 Å². The molecule has 1 rings (SSSR count). The Labute approximate surface area is 84.3 Å². The first-order valence-electron chi connectivity index (χ1n) is 2.36. The van der Waals surface area contributed by atoms with Gasteiger partial charge in [-0.3, -0.25) is 4.21 Å². The summed E-state index contributed by atoms with van der Waals surface area (Å²) >= 11 is -2.10. The van der Waals surface area contributed by atoms with Crippen molar-refractivity contribution < 1.29 is 38.3 Å². The van der Waals surface area contributed by atoms with E-state index in [1.807, 2.05) is 0 Å². The van der Waals surface area contributed by atoms with E-state index in [1.54, 1.807) is 12.2 Å². The number of allylic oxidation sites excluding steroid dienone is 5. The van der Waals surface area contributed by atoms with Crippen LogP contribution in [0, 0.1) is 6.08 Å². The summed E-state index contributed by atoms with van der Waals surface area (Å²) in [5.74, 6) is 0. The van der Waals surface area contributed by atoms with Crippen LogP contribution in [0.4, 0.5) is 0 Å². The fourth-order valence-corrected chi connectivity index (χ4v) is 0.841. The van der Waals surface area contributed by atoms with Gasteiger partial charge in [-0.2, -0.15) is 0 Å². The Bertz CT molecular complexity index is 218. The third kappa shape index (κ3) is 2.88. The second-order valence-corrected chi connectivity index (χ2v) is 2.41. The van der Waals surface area contributed by atoms with Crippen molar-refractivity contribution in [3.05, 3.63) is 35.3 Å². The molecule has 0 aromatic carbocycles. The predicted octanol–water partition coefficient (Wildman–Crippen LogP) is -2.32. The topological polar surface area (TPSA) is 40.1 Å². The predicted molar refractivity (Wildman–Crippen MR) is 34.0 cm³/mol. The minimum atomic E-state index is -2.10. The van der Waals surface area contributed by atoms with Crippen LogP contribution in [-0.2, 0) is 11.1 Å². The van der Waals surface area contributed by atoms with Crippen molar-refractivity contribution in [1.82, 2.24) is 0 Å². The first-order valence-corrected chi connectivity index (χ1v) is 3.43. The molecule has 0 fully saturated rings. The van der Waals surface area contributed by atoms with Crippen LogP contribution in [0.2, 0.25) is 0 Å². The van der Waals surface area contributed by atoms with Crippen LogP contribution in [0.5, 0.6) is 0 Å². The van der Waals surface area contributed by atoms with E-state index in [0.29, 0.717) is 4.91 Å². The minimum absolute atomic E-state index is 0. The third-order valence-corrected chi connectivity index (χ3v) is 1.54. The average molecular weight is 163 g/mol. The molecule has 1 aliphatic rings. The van der Waals surface area contributed by atoms with E-state index in [-0.39, 0.29) is 29.6 Å². The fourth-order valence-electron chi connectivity index (χ4n) is 0.483. The summed E-state index contributed by atoms with van der Waals surface area (Å²) in [6, 6.07) is 0. The number of rotatable bonds is 1. The van der Waals surface area contributed by atoms with Crippen LogP contribution in [0.15, 0.2) is 29.2 Å². The molecule has 1 unspecified atom stereocenters. The standard InChI is InChI=1S/C6H4O2S.Na/c7-9(8)6-4-2-1-3-5-6;/h2-5H;/q;+1. The van der Waals surface area contributed by atoms with E-state index < -0.39 is 11.1 Å². The van der Waals surface area contributed by atoms with Crippen molar-refractivity contribution in [3.63, 3.8) is 0 Å². The van der Waals surface area contributed by atoms with Crippen molar-refractivity contribution in [1.29, 1.82) is 0 Å². The molecule has 0 amide bonds. The molecule has 1 aliphatic carbocycles. The first kappa shape index (κ1) is 10.2. The van der Waals surface area contributed by atoms with Gasteiger partial charge in [-0.15, -0.1) is 0 Å². The zero-order chi connectivity index (χ0) is 6.69. The zero-order valence-corrected chi connectivity index (χ0v) is 8.35. The van der Waals surface area contributed by atoms with Crippen molar-refractivity contribution in [2.24, 2.45) is 0 Å². The van der Waals surface area contributed by atoms with E-state index in [2.05, 4.69) is 6.08 Å². The van der Waals surface area contributed by atoms with Gasteiger partial charge >= 0.3 is 29.6 Å². The molecule has 10 heavy (non-hydrogen) atoms. The molecule has 0 aromatic heterocycles. The molecular formula is C6H4NaO2S+. The monoisotopic (exact) mass is 163 g/mol. The average Bonchev–Trinajstić information content (AvgIpc) is 1.90. The molecule has 0 saturated carbocycles.